The van der Waals surface area contributed by atoms with Crippen LogP contribution in [-0.4, -0.2) is 44.3 Å². The normalized spacial score (nSPS) is 27.1. The number of hydrogen-bond acceptors (Lipinski definition) is 5. The van der Waals surface area contributed by atoms with Gasteiger partial charge in [0.1, 0.15) is 5.75 Å². The molecule has 1 fully saturated rings. The Morgan fingerprint density at radius 2 is 1.95 bits per heavy atom. The summed E-state index contributed by atoms with van der Waals surface area (Å²) in [6.45, 7) is 1.94. The van der Waals surface area contributed by atoms with Gasteiger partial charge < -0.3 is 15.2 Å². The van der Waals surface area contributed by atoms with E-state index in [1.165, 1.54) is 0 Å². The van der Waals surface area contributed by atoms with E-state index in [2.05, 4.69) is 5.32 Å². The first kappa shape index (κ1) is 14.3. The highest BCUT2D eigenvalue weighted by Crippen LogP contribution is 2.20. The first-order valence-corrected chi connectivity index (χ1v) is 8.02. The van der Waals surface area contributed by atoms with E-state index in [1.54, 1.807) is 7.11 Å². The molecule has 0 saturated carbocycles. The lowest BCUT2D eigenvalue weighted by atomic mass is 10.1. The fourth-order valence-electron chi connectivity index (χ4n) is 2.30. The predicted octanol–water partition coefficient (Wildman–Crippen LogP) is 0.504. The predicted molar refractivity (Wildman–Crippen MR) is 73.0 cm³/mol. The number of sulfone groups is 1. The Bertz CT molecular complexity index is 526. The molecule has 1 heterocycles. The van der Waals surface area contributed by atoms with Gasteiger partial charge in [-0.1, -0.05) is 12.1 Å². The van der Waals surface area contributed by atoms with Crippen LogP contribution in [-0.2, 0) is 9.84 Å². The lowest BCUT2D eigenvalue weighted by Gasteiger charge is -2.21. The standard InChI is InChI=1S/C13H19NO4S/c1-9(10-3-5-11(18-2)6-4-10)14-12-7-19(16,17)8-13(12)15/h3-6,9,12-15H,7-8H2,1-2H3. The molecule has 6 heteroatoms. The lowest BCUT2D eigenvalue weighted by molar-refractivity contribution is 0.160. The van der Waals surface area contributed by atoms with Crippen LogP contribution >= 0.6 is 0 Å². The fraction of sp³-hybridized carbons (Fsp3) is 0.538. The molecule has 3 atom stereocenters. The molecule has 106 valence electrons. The monoisotopic (exact) mass is 285 g/mol. The third-order valence-electron chi connectivity index (χ3n) is 3.40. The molecule has 2 rings (SSSR count). The minimum absolute atomic E-state index is 0.00530. The summed E-state index contributed by atoms with van der Waals surface area (Å²) in [5, 5.41) is 12.9. The molecule has 5 nitrogen and oxygen atoms in total. The summed E-state index contributed by atoms with van der Waals surface area (Å²) < 4.78 is 28.0. The number of benzene rings is 1. The molecule has 19 heavy (non-hydrogen) atoms. The van der Waals surface area contributed by atoms with Crippen molar-refractivity contribution >= 4 is 9.84 Å². The van der Waals surface area contributed by atoms with E-state index in [0.717, 1.165) is 11.3 Å². The molecule has 0 radical (unpaired) electrons. The van der Waals surface area contributed by atoms with Crippen LogP contribution in [0.4, 0.5) is 0 Å². The van der Waals surface area contributed by atoms with Gasteiger partial charge in [-0.05, 0) is 24.6 Å². The molecule has 1 aliphatic heterocycles. The minimum Gasteiger partial charge on any atom is -0.497 e. The lowest BCUT2D eigenvalue weighted by Crippen LogP contribution is -2.40. The van der Waals surface area contributed by atoms with Gasteiger partial charge in [-0.2, -0.15) is 0 Å². The van der Waals surface area contributed by atoms with Gasteiger partial charge in [0, 0.05) is 12.1 Å². The summed E-state index contributed by atoms with van der Waals surface area (Å²) in [7, 11) is -1.51. The SMILES string of the molecule is COc1ccc(C(C)NC2CS(=O)(=O)CC2O)cc1. The summed E-state index contributed by atoms with van der Waals surface area (Å²) in [4.78, 5) is 0. The van der Waals surface area contributed by atoms with Crippen molar-refractivity contribution in [1.29, 1.82) is 0 Å². The van der Waals surface area contributed by atoms with E-state index in [0.29, 0.717) is 0 Å². The van der Waals surface area contributed by atoms with Crippen molar-refractivity contribution in [2.75, 3.05) is 18.6 Å². The maximum Gasteiger partial charge on any atom is 0.154 e. The maximum atomic E-state index is 11.4. The van der Waals surface area contributed by atoms with Crippen LogP contribution in [0, 0.1) is 0 Å². The summed E-state index contributed by atoms with van der Waals surface area (Å²) in [5.74, 6) is 0.619. The van der Waals surface area contributed by atoms with Crippen LogP contribution in [0.25, 0.3) is 0 Å². The highest BCUT2D eigenvalue weighted by Gasteiger charge is 2.36. The average Bonchev–Trinajstić information content (AvgIpc) is 2.62. The van der Waals surface area contributed by atoms with Crippen molar-refractivity contribution in [3.63, 3.8) is 0 Å². The highest BCUT2D eigenvalue weighted by molar-refractivity contribution is 7.91. The fourth-order valence-corrected chi connectivity index (χ4v) is 4.05. The second-order valence-electron chi connectivity index (χ2n) is 4.91. The quantitative estimate of drug-likeness (QED) is 0.843. The van der Waals surface area contributed by atoms with Crippen molar-refractivity contribution < 1.29 is 18.3 Å². The smallest absolute Gasteiger partial charge is 0.154 e. The van der Waals surface area contributed by atoms with E-state index < -0.39 is 22.0 Å². The number of aliphatic hydroxyl groups excluding tert-OH is 1. The molecule has 0 spiro atoms. The van der Waals surface area contributed by atoms with E-state index in [4.69, 9.17) is 4.74 Å². The van der Waals surface area contributed by atoms with Gasteiger partial charge in [0.25, 0.3) is 0 Å². The Morgan fingerprint density at radius 1 is 1.32 bits per heavy atom. The Hall–Kier alpha value is -1.11. The third kappa shape index (κ3) is 3.46. The molecular weight excluding hydrogens is 266 g/mol. The first-order valence-electron chi connectivity index (χ1n) is 6.20. The largest absolute Gasteiger partial charge is 0.497 e. The number of hydrogen-bond donors (Lipinski definition) is 2. The average molecular weight is 285 g/mol. The summed E-state index contributed by atoms with van der Waals surface area (Å²) in [5.41, 5.74) is 1.03. The third-order valence-corrected chi connectivity index (χ3v) is 5.12. The van der Waals surface area contributed by atoms with Crippen LogP contribution in [0.5, 0.6) is 5.75 Å². The van der Waals surface area contributed by atoms with Crippen molar-refractivity contribution in [3.05, 3.63) is 29.8 Å². The zero-order valence-electron chi connectivity index (χ0n) is 11.0. The first-order chi connectivity index (χ1) is 8.91. The summed E-state index contributed by atoms with van der Waals surface area (Å²) in [6.07, 6.45) is -0.828. The molecule has 1 aliphatic rings. The van der Waals surface area contributed by atoms with Gasteiger partial charge in [0.2, 0.25) is 0 Å². The second-order valence-corrected chi connectivity index (χ2v) is 7.07. The number of rotatable bonds is 4. The van der Waals surface area contributed by atoms with Gasteiger partial charge in [-0.3, -0.25) is 0 Å². The van der Waals surface area contributed by atoms with Gasteiger partial charge in [0.05, 0.1) is 24.7 Å². The summed E-state index contributed by atoms with van der Waals surface area (Å²) >= 11 is 0. The van der Waals surface area contributed by atoms with Gasteiger partial charge >= 0.3 is 0 Å². The van der Waals surface area contributed by atoms with E-state index in [-0.39, 0.29) is 17.5 Å². The molecule has 0 bridgehead atoms. The zero-order chi connectivity index (χ0) is 14.0. The Labute approximate surface area is 113 Å². The van der Waals surface area contributed by atoms with E-state index >= 15 is 0 Å². The molecule has 2 N–H and O–H groups in total. The van der Waals surface area contributed by atoms with Crippen molar-refractivity contribution in [2.45, 2.75) is 25.1 Å². The van der Waals surface area contributed by atoms with Gasteiger partial charge in [0.15, 0.2) is 9.84 Å². The zero-order valence-corrected chi connectivity index (χ0v) is 11.9. The van der Waals surface area contributed by atoms with Crippen LogP contribution in [0.3, 0.4) is 0 Å². The minimum atomic E-state index is -3.12. The number of nitrogens with one attached hydrogen (secondary N) is 1. The number of ether oxygens (including phenoxy) is 1. The number of methoxy groups -OCH3 is 1. The maximum absolute atomic E-state index is 11.4. The number of aliphatic hydroxyl groups is 1. The molecule has 1 saturated heterocycles. The second kappa shape index (κ2) is 5.48. The van der Waals surface area contributed by atoms with Gasteiger partial charge in [-0.25, -0.2) is 8.42 Å². The molecule has 1 aromatic carbocycles. The Balaban J connectivity index is 2.02. The topological polar surface area (TPSA) is 75.6 Å². The van der Waals surface area contributed by atoms with Crippen molar-refractivity contribution in [3.8, 4) is 5.75 Å². The molecule has 3 unspecified atom stereocenters. The van der Waals surface area contributed by atoms with Crippen LogP contribution in [0.15, 0.2) is 24.3 Å². The van der Waals surface area contributed by atoms with Gasteiger partial charge in [-0.15, -0.1) is 0 Å². The van der Waals surface area contributed by atoms with E-state index in [1.807, 2.05) is 31.2 Å². The molecule has 0 aliphatic carbocycles. The molecule has 1 aromatic rings. The van der Waals surface area contributed by atoms with Crippen molar-refractivity contribution in [1.82, 2.24) is 5.32 Å². The Kier molecular flexibility index (Phi) is 4.13. The van der Waals surface area contributed by atoms with Crippen LogP contribution in [0.1, 0.15) is 18.5 Å². The van der Waals surface area contributed by atoms with Crippen LogP contribution in [0.2, 0.25) is 0 Å². The molecular formula is C13H19NO4S. The van der Waals surface area contributed by atoms with E-state index in [9.17, 15) is 13.5 Å². The Morgan fingerprint density at radius 3 is 2.42 bits per heavy atom. The summed E-state index contributed by atoms with van der Waals surface area (Å²) in [6, 6.07) is 7.13. The van der Waals surface area contributed by atoms with Crippen molar-refractivity contribution in [2.24, 2.45) is 0 Å². The van der Waals surface area contributed by atoms with Crippen LogP contribution < -0.4 is 10.1 Å². The molecule has 0 aromatic heterocycles. The highest BCUT2D eigenvalue weighted by atomic mass is 32.2. The molecule has 0 amide bonds.